The van der Waals surface area contributed by atoms with Gasteiger partial charge < -0.3 is 5.32 Å². The van der Waals surface area contributed by atoms with E-state index in [-0.39, 0.29) is 6.04 Å². The average molecular weight is 278 g/mol. The molecule has 19 heavy (non-hydrogen) atoms. The molecule has 0 aromatic heterocycles. The topological polar surface area (TPSA) is 15.3 Å². The van der Waals surface area contributed by atoms with Gasteiger partial charge in [-0.25, -0.2) is 0 Å². The Hall–Kier alpha value is -0.290. The van der Waals surface area contributed by atoms with Gasteiger partial charge in [0.25, 0.3) is 0 Å². The number of nitrogens with one attached hydrogen (secondary N) is 1. The predicted octanol–water partition coefficient (Wildman–Crippen LogP) is 3.18. The van der Waals surface area contributed by atoms with Gasteiger partial charge in [0.15, 0.2) is 0 Å². The molecule has 0 radical (unpaired) electrons. The third-order valence-electron chi connectivity index (χ3n) is 4.56. The van der Waals surface area contributed by atoms with Crippen LogP contribution in [0.2, 0.25) is 0 Å². The Morgan fingerprint density at radius 1 is 1.16 bits per heavy atom. The fourth-order valence-corrected chi connectivity index (χ4v) is 3.61. The van der Waals surface area contributed by atoms with Crippen LogP contribution in [-0.2, 0) is 0 Å². The molecule has 1 aliphatic heterocycles. The van der Waals surface area contributed by atoms with Crippen LogP contribution in [0.4, 0.5) is 13.2 Å². The highest BCUT2D eigenvalue weighted by atomic mass is 19.4. The van der Waals surface area contributed by atoms with E-state index >= 15 is 0 Å². The Bertz CT molecular complexity index is 274. The lowest BCUT2D eigenvalue weighted by molar-refractivity contribution is -0.187. The first kappa shape index (κ1) is 15.1. The van der Waals surface area contributed by atoms with Crippen molar-refractivity contribution in [1.82, 2.24) is 10.2 Å². The van der Waals surface area contributed by atoms with Crippen LogP contribution in [0.15, 0.2) is 0 Å². The van der Waals surface area contributed by atoms with E-state index in [1.165, 1.54) is 0 Å². The van der Waals surface area contributed by atoms with Crippen molar-refractivity contribution in [3.63, 3.8) is 0 Å². The molecule has 5 heteroatoms. The summed E-state index contributed by atoms with van der Waals surface area (Å²) in [6.07, 6.45) is 0.364. The maximum Gasteiger partial charge on any atom is 0.391 e. The Balaban J connectivity index is 1.99. The first-order valence-electron chi connectivity index (χ1n) is 7.55. The van der Waals surface area contributed by atoms with Gasteiger partial charge in [0.2, 0.25) is 0 Å². The summed E-state index contributed by atoms with van der Waals surface area (Å²) in [6, 6.07) is 0.571. The lowest BCUT2D eigenvalue weighted by atomic mass is 9.84. The molecule has 1 heterocycles. The number of rotatable bonds is 4. The van der Waals surface area contributed by atoms with Crippen LogP contribution < -0.4 is 5.32 Å². The maximum absolute atomic E-state index is 12.9. The van der Waals surface area contributed by atoms with E-state index in [0.717, 1.165) is 45.3 Å². The molecule has 1 aliphatic carbocycles. The van der Waals surface area contributed by atoms with Gasteiger partial charge in [0.05, 0.1) is 5.92 Å². The van der Waals surface area contributed by atoms with E-state index in [0.29, 0.717) is 18.9 Å². The van der Waals surface area contributed by atoms with Crippen LogP contribution in [0.25, 0.3) is 0 Å². The predicted molar refractivity (Wildman–Crippen MR) is 70.1 cm³/mol. The van der Waals surface area contributed by atoms with Crippen LogP contribution in [-0.4, -0.2) is 42.8 Å². The maximum atomic E-state index is 12.9. The second-order valence-corrected chi connectivity index (χ2v) is 5.94. The molecule has 0 aromatic carbocycles. The quantitative estimate of drug-likeness (QED) is 0.849. The third kappa shape index (κ3) is 3.85. The van der Waals surface area contributed by atoms with Crippen LogP contribution >= 0.6 is 0 Å². The summed E-state index contributed by atoms with van der Waals surface area (Å²) in [5, 5.41) is 3.33. The van der Waals surface area contributed by atoms with Gasteiger partial charge in [-0.3, -0.25) is 4.90 Å². The van der Waals surface area contributed by atoms with Gasteiger partial charge in [-0.2, -0.15) is 13.2 Å². The summed E-state index contributed by atoms with van der Waals surface area (Å²) in [6.45, 7) is 4.98. The second kappa shape index (κ2) is 6.44. The molecule has 1 N–H and O–H groups in total. The summed E-state index contributed by atoms with van der Waals surface area (Å²) >= 11 is 0. The van der Waals surface area contributed by atoms with E-state index in [2.05, 4.69) is 17.1 Å². The molecule has 2 aliphatic rings. The molecule has 2 rings (SSSR count). The van der Waals surface area contributed by atoms with Gasteiger partial charge in [0.1, 0.15) is 0 Å². The standard InChI is InChI=1S/C14H25F3N2/c1-2-8-19(13-6-7-18-10-13)12-5-3-4-11(9-12)14(15,16)17/h11-13,18H,2-10H2,1H3. The van der Waals surface area contributed by atoms with Gasteiger partial charge >= 0.3 is 6.18 Å². The molecule has 2 nitrogen and oxygen atoms in total. The van der Waals surface area contributed by atoms with E-state index in [1.54, 1.807) is 0 Å². The summed E-state index contributed by atoms with van der Waals surface area (Å²) in [4.78, 5) is 2.36. The second-order valence-electron chi connectivity index (χ2n) is 5.94. The molecule has 3 unspecified atom stereocenters. The summed E-state index contributed by atoms with van der Waals surface area (Å²) in [7, 11) is 0. The minimum Gasteiger partial charge on any atom is -0.315 e. The average Bonchev–Trinajstić information content (AvgIpc) is 2.88. The number of halogens is 3. The lowest BCUT2D eigenvalue weighted by Gasteiger charge is -2.41. The number of hydrogen-bond acceptors (Lipinski definition) is 2. The normalized spacial score (nSPS) is 33.0. The Morgan fingerprint density at radius 2 is 1.95 bits per heavy atom. The highest BCUT2D eigenvalue weighted by Crippen LogP contribution is 2.39. The Morgan fingerprint density at radius 3 is 2.53 bits per heavy atom. The van der Waals surface area contributed by atoms with Crippen molar-refractivity contribution >= 4 is 0 Å². The largest absolute Gasteiger partial charge is 0.391 e. The van der Waals surface area contributed by atoms with Crippen molar-refractivity contribution in [3.8, 4) is 0 Å². The first-order chi connectivity index (χ1) is 9.02. The Kier molecular flexibility index (Phi) is 5.12. The van der Waals surface area contributed by atoms with Gasteiger partial charge in [-0.1, -0.05) is 13.3 Å². The molecule has 3 atom stereocenters. The van der Waals surface area contributed by atoms with E-state index in [4.69, 9.17) is 0 Å². The zero-order chi connectivity index (χ0) is 13.9. The molecule has 1 saturated heterocycles. The zero-order valence-corrected chi connectivity index (χ0v) is 11.7. The van der Waals surface area contributed by atoms with Gasteiger partial charge in [-0.05, 0) is 45.2 Å². The molecule has 2 fully saturated rings. The van der Waals surface area contributed by atoms with Crippen LogP contribution in [0.3, 0.4) is 0 Å². The van der Waals surface area contributed by atoms with Crippen molar-refractivity contribution < 1.29 is 13.2 Å². The Labute approximate surface area is 113 Å². The van der Waals surface area contributed by atoms with Crippen molar-refractivity contribution in [2.45, 2.75) is 63.7 Å². The van der Waals surface area contributed by atoms with E-state index in [9.17, 15) is 13.2 Å². The number of alkyl halides is 3. The van der Waals surface area contributed by atoms with E-state index < -0.39 is 12.1 Å². The van der Waals surface area contributed by atoms with Crippen LogP contribution in [0.5, 0.6) is 0 Å². The van der Waals surface area contributed by atoms with Crippen LogP contribution in [0, 0.1) is 5.92 Å². The third-order valence-corrected chi connectivity index (χ3v) is 4.56. The lowest BCUT2D eigenvalue weighted by Crippen LogP contribution is -2.48. The fourth-order valence-electron chi connectivity index (χ4n) is 3.61. The number of nitrogens with zero attached hydrogens (tertiary/aromatic N) is 1. The molecule has 0 spiro atoms. The van der Waals surface area contributed by atoms with Crippen molar-refractivity contribution in [2.24, 2.45) is 5.92 Å². The minimum atomic E-state index is -4.01. The first-order valence-corrected chi connectivity index (χ1v) is 7.55. The monoisotopic (exact) mass is 278 g/mol. The molecule has 0 amide bonds. The van der Waals surface area contributed by atoms with Gasteiger partial charge in [0, 0.05) is 18.6 Å². The van der Waals surface area contributed by atoms with Gasteiger partial charge in [-0.15, -0.1) is 0 Å². The molecular weight excluding hydrogens is 253 g/mol. The van der Waals surface area contributed by atoms with Crippen molar-refractivity contribution in [3.05, 3.63) is 0 Å². The molecule has 112 valence electrons. The SMILES string of the molecule is CCCN(C1CCNC1)C1CCCC(C(F)(F)F)C1. The van der Waals surface area contributed by atoms with Crippen molar-refractivity contribution in [2.75, 3.05) is 19.6 Å². The number of hydrogen-bond donors (Lipinski definition) is 1. The van der Waals surface area contributed by atoms with Crippen molar-refractivity contribution in [1.29, 1.82) is 0 Å². The molecular formula is C14H25F3N2. The summed E-state index contributed by atoms with van der Waals surface area (Å²) in [5.41, 5.74) is 0. The van der Waals surface area contributed by atoms with Crippen LogP contribution in [0.1, 0.15) is 45.4 Å². The molecule has 0 bridgehead atoms. The highest BCUT2D eigenvalue weighted by molar-refractivity contribution is 4.89. The smallest absolute Gasteiger partial charge is 0.315 e. The summed E-state index contributed by atoms with van der Waals surface area (Å²) in [5.74, 6) is -1.08. The van der Waals surface area contributed by atoms with E-state index in [1.807, 2.05) is 0 Å². The highest BCUT2D eigenvalue weighted by Gasteiger charge is 2.44. The fraction of sp³-hybridized carbons (Fsp3) is 1.00. The zero-order valence-electron chi connectivity index (χ0n) is 11.7. The summed E-state index contributed by atoms with van der Waals surface area (Å²) < 4.78 is 38.7. The minimum absolute atomic E-state index is 0.130. The molecule has 1 saturated carbocycles. The molecule has 0 aromatic rings.